The Morgan fingerprint density at radius 1 is 1.12 bits per heavy atom. The molecule has 0 fully saturated rings. The third-order valence-corrected chi connectivity index (χ3v) is 5.48. The Labute approximate surface area is 141 Å². The molecule has 2 aromatic rings. The molecular formula is C18H18N2O3S. The van der Waals surface area contributed by atoms with Crippen molar-refractivity contribution in [2.45, 2.75) is 19.9 Å². The molecule has 1 atom stereocenters. The number of benzene rings is 1. The number of sulfone groups is 1. The highest BCUT2D eigenvalue weighted by Gasteiger charge is 2.23. The zero-order valence-corrected chi connectivity index (χ0v) is 14.3. The summed E-state index contributed by atoms with van der Waals surface area (Å²) in [7, 11) is -3.19. The molecule has 0 saturated carbocycles. The van der Waals surface area contributed by atoms with Gasteiger partial charge in [-0.1, -0.05) is 24.3 Å². The fourth-order valence-corrected chi connectivity index (χ4v) is 3.76. The largest absolute Gasteiger partial charge is 0.343 e. The number of aromatic nitrogens is 1. The van der Waals surface area contributed by atoms with Crippen LogP contribution in [0.15, 0.2) is 48.0 Å². The smallest absolute Gasteiger partial charge is 0.270 e. The molecule has 0 radical (unpaired) electrons. The molecule has 3 rings (SSSR count). The van der Waals surface area contributed by atoms with Gasteiger partial charge in [-0.25, -0.2) is 8.42 Å². The minimum Gasteiger partial charge on any atom is -0.343 e. The molecule has 0 aliphatic carbocycles. The number of hydrogen-bond acceptors (Lipinski definition) is 4. The van der Waals surface area contributed by atoms with E-state index < -0.39 is 15.9 Å². The summed E-state index contributed by atoms with van der Waals surface area (Å²) >= 11 is 0. The van der Waals surface area contributed by atoms with Crippen LogP contribution >= 0.6 is 0 Å². The van der Waals surface area contributed by atoms with Gasteiger partial charge in [-0.3, -0.25) is 9.78 Å². The second-order valence-corrected chi connectivity index (χ2v) is 7.90. The molecule has 1 aromatic carbocycles. The third kappa shape index (κ3) is 3.54. The van der Waals surface area contributed by atoms with Crippen molar-refractivity contribution in [1.82, 2.24) is 10.3 Å². The number of nitrogens with zero attached hydrogens (tertiary/aromatic N) is 1. The first-order valence-corrected chi connectivity index (χ1v) is 9.31. The fourth-order valence-electron chi connectivity index (χ4n) is 2.53. The van der Waals surface area contributed by atoms with Crippen LogP contribution in [0.1, 0.15) is 21.6 Å². The van der Waals surface area contributed by atoms with Gasteiger partial charge in [-0.05, 0) is 42.7 Å². The predicted molar refractivity (Wildman–Crippen MR) is 93.3 cm³/mol. The molecular weight excluding hydrogens is 324 g/mol. The van der Waals surface area contributed by atoms with Crippen molar-refractivity contribution < 1.29 is 13.2 Å². The zero-order valence-electron chi connectivity index (χ0n) is 13.5. The van der Waals surface area contributed by atoms with E-state index in [0.29, 0.717) is 0 Å². The Kier molecular flexibility index (Phi) is 4.24. The fraction of sp³-hybridized carbons (Fsp3) is 0.222. The van der Waals surface area contributed by atoms with Crippen LogP contribution in [0.2, 0.25) is 0 Å². The van der Waals surface area contributed by atoms with E-state index in [1.807, 2.05) is 12.1 Å². The second-order valence-electron chi connectivity index (χ2n) is 5.97. The van der Waals surface area contributed by atoms with Crippen LogP contribution < -0.4 is 5.32 Å². The molecule has 124 valence electrons. The normalized spacial score (nSPS) is 18.5. The molecule has 24 heavy (non-hydrogen) atoms. The highest BCUT2D eigenvalue weighted by Crippen LogP contribution is 2.21. The number of carbonyl (C=O) groups is 1. The standard InChI is InChI=1S/C18H18N2O3S/c1-12-3-4-14(9-13(12)2)15-5-6-17(19-10-15)18(21)20-16-7-8-24(22,23)11-16/h3-10,16H,11H2,1-2H3,(H,20,21)/t16-/m0/s1. The van der Waals surface area contributed by atoms with Gasteiger partial charge in [0.15, 0.2) is 9.84 Å². The van der Waals surface area contributed by atoms with E-state index >= 15 is 0 Å². The summed E-state index contributed by atoms with van der Waals surface area (Å²) in [4.78, 5) is 16.4. The zero-order chi connectivity index (χ0) is 17.3. The molecule has 0 unspecified atom stereocenters. The summed E-state index contributed by atoms with van der Waals surface area (Å²) in [6, 6.07) is 9.15. The van der Waals surface area contributed by atoms with Gasteiger partial charge in [0.25, 0.3) is 5.91 Å². The van der Waals surface area contributed by atoms with E-state index in [1.54, 1.807) is 12.3 Å². The summed E-state index contributed by atoms with van der Waals surface area (Å²) in [5, 5.41) is 3.79. The first kappa shape index (κ1) is 16.4. The molecule has 0 spiro atoms. The first-order valence-electron chi connectivity index (χ1n) is 7.59. The van der Waals surface area contributed by atoms with E-state index in [0.717, 1.165) is 16.5 Å². The monoisotopic (exact) mass is 342 g/mol. The SMILES string of the molecule is Cc1ccc(-c2ccc(C(=O)N[C@H]3C=CS(=O)(=O)C3)nc2)cc1C. The molecule has 0 saturated heterocycles. The van der Waals surface area contributed by atoms with Crippen LogP contribution in [0, 0.1) is 13.8 Å². The van der Waals surface area contributed by atoms with Crippen molar-refractivity contribution in [3.63, 3.8) is 0 Å². The molecule has 2 heterocycles. The molecule has 5 nitrogen and oxygen atoms in total. The number of rotatable bonds is 3. The summed E-state index contributed by atoms with van der Waals surface area (Å²) in [6.07, 6.45) is 3.14. The van der Waals surface area contributed by atoms with Gasteiger partial charge < -0.3 is 5.32 Å². The number of amides is 1. The lowest BCUT2D eigenvalue weighted by molar-refractivity contribution is 0.0942. The lowest BCUT2D eigenvalue weighted by Crippen LogP contribution is -2.35. The van der Waals surface area contributed by atoms with Crippen LogP contribution in [0.4, 0.5) is 0 Å². The topological polar surface area (TPSA) is 76.1 Å². The van der Waals surface area contributed by atoms with E-state index in [2.05, 4.69) is 36.3 Å². The number of carbonyl (C=O) groups excluding carboxylic acids is 1. The van der Waals surface area contributed by atoms with Crippen molar-refractivity contribution in [3.05, 3.63) is 64.8 Å². The molecule has 6 heteroatoms. The van der Waals surface area contributed by atoms with Gasteiger partial charge >= 0.3 is 0 Å². The summed E-state index contributed by atoms with van der Waals surface area (Å²) in [5.74, 6) is -0.479. The van der Waals surface area contributed by atoms with E-state index in [4.69, 9.17) is 0 Å². The molecule has 1 aromatic heterocycles. The Bertz CT molecular complexity index is 916. The van der Waals surface area contributed by atoms with Gasteiger partial charge in [0.2, 0.25) is 0 Å². The summed E-state index contributed by atoms with van der Waals surface area (Å²) < 4.78 is 22.7. The highest BCUT2D eigenvalue weighted by molar-refractivity contribution is 7.94. The minimum absolute atomic E-state index is 0.0978. The van der Waals surface area contributed by atoms with Crippen molar-refractivity contribution in [2.75, 3.05) is 5.75 Å². The van der Waals surface area contributed by atoms with Gasteiger partial charge in [0.05, 0.1) is 11.8 Å². The van der Waals surface area contributed by atoms with Crippen LogP contribution in [0.5, 0.6) is 0 Å². The van der Waals surface area contributed by atoms with Crippen LogP contribution in [0.3, 0.4) is 0 Å². The maximum atomic E-state index is 12.2. The van der Waals surface area contributed by atoms with Gasteiger partial charge in [-0.2, -0.15) is 0 Å². The maximum absolute atomic E-state index is 12.2. The van der Waals surface area contributed by atoms with Crippen LogP contribution in [0.25, 0.3) is 11.1 Å². The Balaban J connectivity index is 1.73. The van der Waals surface area contributed by atoms with E-state index in [-0.39, 0.29) is 17.4 Å². The second kappa shape index (κ2) is 6.20. The molecule has 0 bridgehead atoms. The van der Waals surface area contributed by atoms with Crippen molar-refractivity contribution in [3.8, 4) is 11.1 Å². The number of aryl methyl sites for hydroxylation is 2. The number of hydrogen-bond donors (Lipinski definition) is 1. The Morgan fingerprint density at radius 3 is 2.46 bits per heavy atom. The molecule has 1 N–H and O–H groups in total. The van der Waals surface area contributed by atoms with Crippen molar-refractivity contribution >= 4 is 15.7 Å². The third-order valence-electron chi connectivity index (χ3n) is 4.08. The Hall–Kier alpha value is -2.47. The quantitative estimate of drug-likeness (QED) is 0.929. The lowest BCUT2D eigenvalue weighted by atomic mass is 10.0. The summed E-state index contributed by atoms with van der Waals surface area (Å²) in [6.45, 7) is 4.11. The lowest BCUT2D eigenvalue weighted by Gasteiger charge is -2.10. The Morgan fingerprint density at radius 2 is 1.88 bits per heavy atom. The van der Waals surface area contributed by atoms with Gasteiger partial charge in [0.1, 0.15) is 5.69 Å². The van der Waals surface area contributed by atoms with Crippen LogP contribution in [-0.4, -0.2) is 31.1 Å². The van der Waals surface area contributed by atoms with Gasteiger partial charge in [-0.15, -0.1) is 0 Å². The highest BCUT2D eigenvalue weighted by atomic mass is 32.2. The number of pyridine rings is 1. The predicted octanol–water partition coefficient (Wildman–Crippen LogP) is 2.41. The maximum Gasteiger partial charge on any atom is 0.270 e. The van der Waals surface area contributed by atoms with Gasteiger partial charge in [0, 0.05) is 17.2 Å². The summed E-state index contributed by atoms with van der Waals surface area (Å²) in [5.41, 5.74) is 4.66. The van der Waals surface area contributed by atoms with E-state index in [1.165, 1.54) is 17.2 Å². The van der Waals surface area contributed by atoms with Crippen molar-refractivity contribution in [2.24, 2.45) is 0 Å². The first-order chi connectivity index (χ1) is 11.3. The minimum atomic E-state index is -3.19. The molecule has 1 amide bonds. The average Bonchev–Trinajstić information content (AvgIpc) is 2.89. The number of nitrogens with one attached hydrogen (secondary N) is 1. The molecule has 1 aliphatic heterocycles. The van der Waals surface area contributed by atoms with Crippen LogP contribution in [-0.2, 0) is 9.84 Å². The molecule has 1 aliphatic rings. The van der Waals surface area contributed by atoms with Crippen molar-refractivity contribution in [1.29, 1.82) is 0 Å². The average molecular weight is 342 g/mol. The van der Waals surface area contributed by atoms with E-state index in [9.17, 15) is 13.2 Å².